The van der Waals surface area contributed by atoms with E-state index in [1.54, 1.807) is 37.6 Å². The summed E-state index contributed by atoms with van der Waals surface area (Å²) in [6.07, 6.45) is 7.33. The maximum atomic E-state index is 13.9. The van der Waals surface area contributed by atoms with Crippen molar-refractivity contribution in [3.05, 3.63) is 47.9 Å². The molecule has 0 aliphatic carbocycles. The highest BCUT2D eigenvalue weighted by Crippen LogP contribution is 2.32. The first-order chi connectivity index (χ1) is 16.6. The SMILES string of the molecule is CC(=O)Nc1cc(Nc2cc(C)nc(C(C)(F)F)n2)c(-c2cnc(C(C)N3CCCC3)cn2)cn1. The molecule has 1 atom stereocenters. The average molecular weight is 483 g/mol. The number of carbonyl (C=O) groups is 1. The van der Waals surface area contributed by atoms with Crippen molar-refractivity contribution in [1.82, 2.24) is 29.8 Å². The largest absolute Gasteiger partial charge is 0.339 e. The van der Waals surface area contributed by atoms with Gasteiger partial charge in [0.1, 0.15) is 11.6 Å². The topological polar surface area (TPSA) is 109 Å². The Morgan fingerprint density at radius 3 is 2.43 bits per heavy atom. The highest BCUT2D eigenvalue weighted by molar-refractivity contribution is 5.89. The summed E-state index contributed by atoms with van der Waals surface area (Å²) in [5.74, 6) is -3.59. The molecule has 1 amide bonds. The van der Waals surface area contributed by atoms with Gasteiger partial charge in [-0.05, 0) is 39.8 Å². The Hall–Kier alpha value is -3.60. The molecular formula is C24H28F2N8O. The van der Waals surface area contributed by atoms with E-state index in [0.717, 1.165) is 25.7 Å². The molecule has 1 aliphatic heterocycles. The van der Waals surface area contributed by atoms with Gasteiger partial charge >= 0.3 is 5.92 Å². The van der Waals surface area contributed by atoms with Crippen LogP contribution in [0.4, 0.5) is 26.1 Å². The zero-order valence-corrected chi connectivity index (χ0v) is 20.1. The first kappa shape index (κ1) is 24.5. The van der Waals surface area contributed by atoms with Crippen molar-refractivity contribution in [3.8, 4) is 11.3 Å². The van der Waals surface area contributed by atoms with Gasteiger partial charge in [-0.25, -0.2) is 15.0 Å². The van der Waals surface area contributed by atoms with E-state index in [4.69, 9.17) is 0 Å². The number of pyridine rings is 1. The molecule has 3 aromatic rings. The number of halogens is 2. The molecule has 4 rings (SSSR count). The van der Waals surface area contributed by atoms with Gasteiger partial charge in [0, 0.05) is 43.4 Å². The number of likely N-dealkylation sites (tertiary alicyclic amines) is 1. The number of hydrogen-bond donors (Lipinski definition) is 2. The van der Waals surface area contributed by atoms with Gasteiger partial charge in [0.05, 0.1) is 35.5 Å². The van der Waals surface area contributed by atoms with E-state index < -0.39 is 11.7 Å². The summed E-state index contributed by atoms with van der Waals surface area (Å²) < 4.78 is 27.8. The first-order valence-electron chi connectivity index (χ1n) is 11.4. The second-order valence-corrected chi connectivity index (χ2v) is 8.77. The number of hydrogen-bond acceptors (Lipinski definition) is 8. The highest BCUT2D eigenvalue weighted by atomic mass is 19.3. The number of amides is 1. The molecule has 11 heteroatoms. The lowest BCUT2D eigenvalue weighted by molar-refractivity contribution is -0.114. The van der Waals surface area contributed by atoms with Crippen LogP contribution in [-0.4, -0.2) is 48.8 Å². The smallest absolute Gasteiger partial charge is 0.303 e. The number of carbonyl (C=O) groups excluding carboxylic acids is 1. The lowest BCUT2D eigenvalue weighted by Crippen LogP contribution is -2.24. The van der Waals surface area contributed by atoms with Gasteiger partial charge < -0.3 is 10.6 Å². The van der Waals surface area contributed by atoms with Crippen LogP contribution in [0.25, 0.3) is 11.3 Å². The highest BCUT2D eigenvalue weighted by Gasteiger charge is 2.29. The monoisotopic (exact) mass is 482 g/mol. The van der Waals surface area contributed by atoms with E-state index in [1.165, 1.54) is 19.8 Å². The number of aromatic nitrogens is 5. The third-order valence-electron chi connectivity index (χ3n) is 5.78. The van der Waals surface area contributed by atoms with E-state index in [0.29, 0.717) is 28.5 Å². The number of aryl methyl sites for hydroxylation is 1. The van der Waals surface area contributed by atoms with E-state index in [9.17, 15) is 13.6 Å². The number of nitrogens with one attached hydrogen (secondary N) is 2. The molecule has 1 fully saturated rings. The maximum absolute atomic E-state index is 13.9. The minimum Gasteiger partial charge on any atom is -0.339 e. The molecule has 35 heavy (non-hydrogen) atoms. The third kappa shape index (κ3) is 5.91. The van der Waals surface area contributed by atoms with Gasteiger partial charge in [-0.3, -0.25) is 19.7 Å². The Bertz CT molecular complexity index is 1210. The molecule has 9 nitrogen and oxygen atoms in total. The van der Waals surface area contributed by atoms with Crippen molar-refractivity contribution in [2.24, 2.45) is 0 Å². The standard InChI is InChI=1S/C24H28F2N8O/c1-14-9-22(33-23(30-14)24(4,25)26)32-18-10-21(31-16(3)35)29-11-17(18)20-13-27-19(12-28-20)15(2)34-7-5-6-8-34/h9-13,15H,5-8H2,1-4H3,(H2,29,30,31,32,33,35). The Labute approximate surface area is 202 Å². The quantitative estimate of drug-likeness (QED) is 0.503. The summed E-state index contributed by atoms with van der Waals surface area (Å²) in [6.45, 7) is 7.94. The fraction of sp³-hybridized carbons (Fsp3) is 0.417. The number of alkyl halides is 2. The van der Waals surface area contributed by atoms with Crippen molar-refractivity contribution < 1.29 is 13.6 Å². The van der Waals surface area contributed by atoms with Crippen molar-refractivity contribution in [3.63, 3.8) is 0 Å². The average Bonchev–Trinajstić information content (AvgIpc) is 3.33. The fourth-order valence-corrected chi connectivity index (χ4v) is 3.99. The molecule has 0 aromatic carbocycles. The molecule has 184 valence electrons. The predicted molar refractivity (Wildman–Crippen MR) is 128 cm³/mol. The first-order valence-corrected chi connectivity index (χ1v) is 11.4. The molecule has 1 saturated heterocycles. The summed E-state index contributed by atoms with van der Waals surface area (Å²) in [5.41, 5.74) is 2.85. The molecule has 1 unspecified atom stereocenters. The van der Waals surface area contributed by atoms with Crippen molar-refractivity contribution >= 4 is 23.2 Å². The van der Waals surface area contributed by atoms with Crippen LogP contribution in [0.2, 0.25) is 0 Å². The van der Waals surface area contributed by atoms with E-state index >= 15 is 0 Å². The third-order valence-corrected chi connectivity index (χ3v) is 5.78. The minimum atomic E-state index is -3.20. The van der Waals surface area contributed by atoms with Crippen LogP contribution in [0.3, 0.4) is 0 Å². The number of nitrogens with zero attached hydrogens (tertiary/aromatic N) is 6. The summed E-state index contributed by atoms with van der Waals surface area (Å²) in [4.78, 5) is 35.3. The maximum Gasteiger partial charge on any atom is 0.303 e. The van der Waals surface area contributed by atoms with Crippen molar-refractivity contribution in [2.45, 2.75) is 52.5 Å². The van der Waals surface area contributed by atoms with Gasteiger partial charge in [-0.2, -0.15) is 8.78 Å². The van der Waals surface area contributed by atoms with Crippen LogP contribution >= 0.6 is 0 Å². The molecule has 0 radical (unpaired) electrons. The number of rotatable bonds is 7. The van der Waals surface area contributed by atoms with Crippen LogP contribution in [0, 0.1) is 6.92 Å². The molecule has 1 aliphatic rings. The summed E-state index contributed by atoms with van der Waals surface area (Å²) >= 11 is 0. The molecule has 3 aromatic heterocycles. The van der Waals surface area contributed by atoms with Crippen LogP contribution in [0.15, 0.2) is 30.7 Å². The second kappa shape index (κ2) is 9.95. The van der Waals surface area contributed by atoms with Crippen LogP contribution < -0.4 is 10.6 Å². The zero-order valence-electron chi connectivity index (χ0n) is 20.1. The summed E-state index contributed by atoms with van der Waals surface area (Å²) in [5, 5.41) is 5.70. The summed E-state index contributed by atoms with van der Waals surface area (Å²) in [6, 6.07) is 3.32. The van der Waals surface area contributed by atoms with Crippen molar-refractivity contribution in [2.75, 3.05) is 23.7 Å². The Balaban J connectivity index is 1.69. The Morgan fingerprint density at radius 1 is 1.06 bits per heavy atom. The molecule has 2 N–H and O–H groups in total. The zero-order chi connectivity index (χ0) is 25.2. The van der Waals surface area contributed by atoms with Gasteiger partial charge in [0.2, 0.25) is 11.7 Å². The molecule has 4 heterocycles. The molecule has 0 spiro atoms. The van der Waals surface area contributed by atoms with Crippen LogP contribution in [0.5, 0.6) is 0 Å². The van der Waals surface area contributed by atoms with Gasteiger partial charge in [-0.1, -0.05) is 0 Å². The minimum absolute atomic E-state index is 0.162. The van der Waals surface area contributed by atoms with Crippen molar-refractivity contribution in [1.29, 1.82) is 0 Å². The van der Waals surface area contributed by atoms with E-state index in [1.807, 2.05) is 0 Å². The van der Waals surface area contributed by atoms with Gasteiger partial charge in [0.25, 0.3) is 0 Å². The second-order valence-electron chi connectivity index (χ2n) is 8.77. The van der Waals surface area contributed by atoms with Gasteiger partial charge in [0.15, 0.2) is 0 Å². The van der Waals surface area contributed by atoms with Crippen LogP contribution in [0.1, 0.15) is 56.9 Å². The predicted octanol–water partition coefficient (Wildman–Crippen LogP) is 4.61. The normalized spacial score (nSPS) is 15.1. The lowest BCUT2D eigenvalue weighted by Gasteiger charge is -2.23. The van der Waals surface area contributed by atoms with Gasteiger partial charge in [-0.15, -0.1) is 0 Å². The van der Waals surface area contributed by atoms with Crippen LogP contribution in [-0.2, 0) is 10.7 Å². The Morgan fingerprint density at radius 2 is 1.80 bits per heavy atom. The Kier molecular flexibility index (Phi) is 6.97. The van der Waals surface area contributed by atoms with E-state index in [-0.39, 0.29) is 17.8 Å². The van der Waals surface area contributed by atoms with E-state index in [2.05, 4.69) is 47.4 Å². The molecular weight excluding hydrogens is 454 g/mol. The lowest BCUT2D eigenvalue weighted by atomic mass is 10.1. The molecule has 0 bridgehead atoms. The fourth-order valence-electron chi connectivity index (χ4n) is 3.99. The number of anilines is 3. The summed E-state index contributed by atoms with van der Waals surface area (Å²) in [7, 11) is 0. The molecule has 0 saturated carbocycles.